The summed E-state index contributed by atoms with van der Waals surface area (Å²) in [5.41, 5.74) is 5.84. The van der Waals surface area contributed by atoms with Gasteiger partial charge in [-0.2, -0.15) is 11.6 Å². The Morgan fingerprint density at radius 3 is 1.67 bits per heavy atom. The van der Waals surface area contributed by atoms with Gasteiger partial charge in [0.25, 0.3) is 0 Å². The van der Waals surface area contributed by atoms with Gasteiger partial charge in [-0.25, -0.2) is 22.8 Å². The van der Waals surface area contributed by atoms with E-state index in [-0.39, 0.29) is 39.7 Å². The summed E-state index contributed by atoms with van der Waals surface area (Å²) in [7, 11) is 0. The maximum atomic E-state index is 3.30. The molecule has 0 bridgehead atoms. The minimum absolute atomic E-state index is 0. The predicted octanol–water partition coefficient (Wildman–Crippen LogP) is 6.27. The van der Waals surface area contributed by atoms with E-state index in [0.717, 1.165) is 6.42 Å². The Morgan fingerprint density at radius 1 is 1.08 bits per heavy atom. The van der Waals surface area contributed by atoms with E-state index < -0.39 is 0 Å². The zero-order valence-electron chi connectivity index (χ0n) is 17.0. The van der Waals surface area contributed by atoms with Crippen molar-refractivity contribution in [1.29, 1.82) is 0 Å². The molecule has 0 N–H and O–H groups in total. The fourth-order valence-electron chi connectivity index (χ4n) is 2.08. The van der Waals surface area contributed by atoms with Crippen LogP contribution in [-0.4, -0.2) is 6.88 Å². The molecule has 0 aromatic heterocycles. The molecule has 2 aliphatic rings. The quantitative estimate of drug-likeness (QED) is 0.292. The summed E-state index contributed by atoms with van der Waals surface area (Å²) in [5, 5.41) is 0. The Labute approximate surface area is 181 Å². The predicted molar refractivity (Wildman–Crippen MR) is 116 cm³/mol. The first-order chi connectivity index (χ1) is 9.20. The maximum absolute atomic E-state index is 3.30. The van der Waals surface area contributed by atoms with Gasteiger partial charge in [-0.1, -0.05) is 47.5 Å². The third-order valence-corrected chi connectivity index (χ3v) is 3.45. The third kappa shape index (κ3) is 13.9. The molecule has 0 saturated carbocycles. The number of hydrogen-bond donors (Lipinski definition) is 0. The third-order valence-electron chi connectivity index (χ3n) is 3.45. The Morgan fingerprint density at radius 2 is 1.54 bits per heavy atom. The van der Waals surface area contributed by atoms with Gasteiger partial charge in [0.1, 0.15) is 0 Å². The molecule has 0 amide bonds. The molecule has 24 heavy (non-hydrogen) atoms. The summed E-state index contributed by atoms with van der Waals surface area (Å²) in [5.74, 6) is 0.551. The molecule has 0 spiro atoms. The van der Waals surface area contributed by atoms with Gasteiger partial charge in [-0.3, -0.25) is 12.2 Å². The Balaban J connectivity index is -0.0000000798. The Hall–Kier alpha value is 0.640. The molecule has 0 aliphatic heterocycles. The number of rotatable bonds is 0. The normalized spacial score (nSPS) is 17.2. The van der Waals surface area contributed by atoms with E-state index >= 15 is 0 Å². The van der Waals surface area contributed by atoms with Crippen LogP contribution in [0.2, 0.25) is 0 Å². The van der Waals surface area contributed by atoms with Crippen molar-refractivity contribution in [3.05, 3.63) is 61.4 Å². The topological polar surface area (TPSA) is 0 Å². The molecule has 2 aliphatic carbocycles. The van der Waals surface area contributed by atoms with Gasteiger partial charge in [-0.15, -0.1) is 38.2 Å². The van der Waals surface area contributed by atoms with Crippen LogP contribution in [0.25, 0.3) is 0 Å². The van der Waals surface area contributed by atoms with Gasteiger partial charge in [-0.05, 0) is 5.41 Å². The molecule has 2 rings (SSSR count). The first-order valence-electron chi connectivity index (χ1n) is 7.13. The zero-order chi connectivity index (χ0) is 15.9. The van der Waals surface area contributed by atoms with E-state index in [0.29, 0.717) is 11.3 Å². The molecular weight excluding hydrogens is 430 g/mol. The molecule has 1 unspecified atom stereocenters. The molecule has 0 nitrogen and oxygen atoms in total. The molecule has 0 aromatic carbocycles. The molecule has 0 aromatic rings. The Kier molecular flexibility index (Phi) is 25.4. The number of halogens is 2. The molecule has 4 heteroatoms. The fraction of sp³-hybridized carbons (Fsp3) is 0.500. The van der Waals surface area contributed by atoms with Crippen molar-refractivity contribution >= 4 is 31.7 Å². The standard InChI is InChI=1S/C10H15.C8H11.2CH3.2ClH.H2Si.Zr/c1-8-5-6-9(7-8)10(2,3)4;1-6-4-7(2)8(3)5-6;;;;;;/h7H,6H2,1-4H3;4,6H,1-3H3;2*1H3;2*1H;1H2;/q4*-1;;;;. The van der Waals surface area contributed by atoms with Crippen LogP contribution in [0.4, 0.5) is 0 Å². The van der Waals surface area contributed by atoms with Gasteiger partial charge in [0.05, 0.1) is 0 Å². The fourth-order valence-corrected chi connectivity index (χ4v) is 2.08. The molecule has 0 saturated heterocycles. The van der Waals surface area contributed by atoms with Crippen LogP contribution in [0.15, 0.2) is 34.4 Å². The SMILES string of the molecule is CC1=[C-]C(C)C=C1C.CC1=[C-]CC(C(C)(C)C)=C1.Cl.Cl.[CH3-].[CH3-].[SiH2]=[Zr]. The second-order valence-electron chi connectivity index (χ2n) is 6.36. The van der Waals surface area contributed by atoms with Crippen molar-refractivity contribution in [3.63, 3.8) is 0 Å². The summed E-state index contributed by atoms with van der Waals surface area (Å²) in [6.45, 7) is 17.2. The molecule has 1 atom stereocenters. The van der Waals surface area contributed by atoms with Gasteiger partial charge >= 0.3 is 30.2 Å². The number of allylic oxidation sites excluding steroid dienone is 8. The van der Waals surface area contributed by atoms with E-state index in [2.05, 4.69) is 72.8 Å². The van der Waals surface area contributed by atoms with E-state index in [1.54, 1.807) is 23.3 Å². The molecule has 0 radical (unpaired) electrons. The average Bonchev–Trinajstić information content (AvgIpc) is 2.89. The summed E-state index contributed by atoms with van der Waals surface area (Å²) < 4.78 is 0. The first kappa shape index (κ1) is 35.7. The van der Waals surface area contributed by atoms with Crippen LogP contribution in [-0.2, 0) is 23.3 Å². The van der Waals surface area contributed by atoms with Crippen LogP contribution in [0.1, 0.15) is 54.9 Å². The number of hydrogen-bond acceptors (Lipinski definition) is 0. The summed E-state index contributed by atoms with van der Waals surface area (Å²) >= 11 is 1.58. The van der Waals surface area contributed by atoms with E-state index in [1.807, 2.05) is 6.88 Å². The average molecular weight is 467 g/mol. The van der Waals surface area contributed by atoms with Crippen molar-refractivity contribution < 1.29 is 23.3 Å². The van der Waals surface area contributed by atoms with E-state index in [9.17, 15) is 0 Å². The van der Waals surface area contributed by atoms with Crippen molar-refractivity contribution in [1.82, 2.24) is 0 Å². The summed E-state index contributed by atoms with van der Waals surface area (Å²) in [6, 6.07) is 0. The van der Waals surface area contributed by atoms with Gasteiger partial charge in [0, 0.05) is 0 Å². The van der Waals surface area contributed by atoms with Crippen LogP contribution in [0.3, 0.4) is 0 Å². The monoisotopic (exact) mass is 464 g/mol. The van der Waals surface area contributed by atoms with Gasteiger partial charge in [0.2, 0.25) is 0 Å². The second kappa shape index (κ2) is 17.1. The first-order valence-corrected chi connectivity index (χ1v) is 13.0. The van der Waals surface area contributed by atoms with Crippen LogP contribution in [0, 0.1) is 38.3 Å². The van der Waals surface area contributed by atoms with Crippen LogP contribution in [0.5, 0.6) is 0 Å². The van der Waals surface area contributed by atoms with Crippen molar-refractivity contribution in [2.24, 2.45) is 11.3 Å². The Bertz CT molecular complexity index is 437. The summed E-state index contributed by atoms with van der Waals surface area (Å²) in [6.07, 6.45) is 12.1. The molecule has 0 fully saturated rings. The van der Waals surface area contributed by atoms with Crippen LogP contribution < -0.4 is 0 Å². The molecule has 142 valence electrons. The summed E-state index contributed by atoms with van der Waals surface area (Å²) in [4.78, 5) is 0. The van der Waals surface area contributed by atoms with Crippen molar-refractivity contribution in [2.75, 3.05) is 0 Å². The minimum atomic E-state index is 0. The van der Waals surface area contributed by atoms with Gasteiger partial charge < -0.3 is 14.9 Å². The van der Waals surface area contributed by atoms with E-state index in [1.165, 1.54) is 22.3 Å². The molecule has 0 heterocycles. The zero-order valence-corrected chi connectivity index (χ0v) is 22.5. The van der Waals surface area contributed by atoms with E-state index in [4.69, 9.17) is 0 Å². The molecular formula is C20H36Cl2SiZr-4. The van der Waals surface area contributed by atoms with Crippen LogP contribution >= 0.6 is 24.8 Å². The van der Waals surface area contributed by atoms with Crippen molar-refractivity contribution in [2.45, 2.75) is 54.9 Å². The van der Waals surface area contributed by atoms with Crippen molar-refractivity contribution in [3.8, 4) is 0 Å². The second-order valence-corrected chi connectivity index (χ2v) is 6.36. The van der Waals surface area contributed by atoms with Gasteiger partial charge in [0.15, 0.2) is 0 Å².